The lowest BCUT2D eigenvalue weighted by Gasteiger charge is -2.23. The van der Waals surface area contributed by atoms with E-state index < -0.39 is 0 Å². The lowest BCUT2D eigenvalue weighted by molar-refractivity contribution is -0.118. The van der Waals surface area contributed by atoms with Crippen molar-refractivity contribution in [3.8, 4) is 0 Å². The Morgan fingerprint density at radius 3 is 2.50 bits per heavy atom. The lowest BCUT2D eigenvalue weighted by atomic mass is 10.1. The average molecular weight is 452 g/mol. The average Bonchev–Trinajstić information content (AvgIpc) is 3.16. The number of aromatic nitrogens is 3. The van der Waals surface area contributed by atoms with Gasteiger partial charge in [-0.15, -0.1) is 10.2 Å². The highest BCUT2D eigenvalue weighted by Crippen LogP contribution is 2.26. The van der Waals surface area contributed by atoms with E-state index in [1.807, 2.05) is 30.3 Å². The smallest absolute Gasteiger partial charge is 0.230 e. The van der Waals surface area contributed by atoms with Gasteiger partial charge in [0.05, 0.1) is 18.3 Å². The minimum absolute atomic E-state index is 0.0130. The Bertz CT molecular complexity index is 1000. The Labute approximate surface area is 195 Å². The Hall–Kier alpha value is -2.64. The minimum atomic E-state index is 0.0130. The maximum Gasteiger partial charge on any atom is 0.230 e. The van der Waals surface area contributed by atoms with Gasteiger partial charge in [0.1, 0.15) is 0 Å². The van der Waals surface area contributed by atoms with Gasteiger partial charge in [-0.2, -0.15) is 0 Å². The number of rotatable bonds is 11. The van der Waals surface area contributed by atoms with E-state index in [-0.39, 0.29) is 11.9 Å². The molecule has 0 spiro atoms. The molecule has 1 amide bonds. The van der Waals surface area contributed by atoms with E-state index in [9.17, 15) is 4.79 Å². The normalized spacial score (nSPS) is 12.2. The van der Waals surface area contributed by atoms with Gasteiger partial charge in [-0.1, -0.05) is 73.3 Å². The van der Waals surface area contributed by atoms with E-state index in [1.54, 1.807) is 0 Å². The zero-order chi connectivity index (χ0) is 22.9. The minimum Gasteiger partial charge on any atom is -0.355 e. The maximum absolute atomic E-state index is 12.5. The lowest BCUT2D eigenvalue weighted by Crippen LogP contribution is -2.27. The van der Waals surface area contributed by atoms with Crippen molar-refractivity contribution in [3.05, 3.63) is 77.1 Å². The molecule has 0 aliphatic heterocycles. The fraction of sp³-hybridized carbons (Fsp3) is 0.400. The first-order valence-electron chi connectivity index (χ1n) is 11.1. The highest BCUT2D eigenvalue weighted by Gasteiger charge is 2.22. The van der Waals surface area contributed by atoms with Crippen LogP contribution in [0, 0.1) is 6.92 Å². The van der Waals surface area contributed by atoms with E-state index in [1.165, 1.54) is 28.5 Å². The van der Waals surface area contributed by atoms with Crippen molar-refractivity contribution in [2.24, 2.45) is 0 Å². The van der Waals surface area contributed by atoms with Crippen LogP contribution < -0.4 is 5.32 Å². The summed E-state index contributed by atoms with van der Waals surface area (Å²) in [5, 5.41) is 12.8. The molecule has 2 aromatic carbocycles. The van der Waals surface area contributed by atoms with Crippen molar-refractivity contribution in [2.45, 2.75) is 44.4 Å². The van der Waals surface area contributed by atoms with Crippen molar-refractivity contribution in [3.63, 3.8) is 0 Å². The quantitative estimate of drug-likeness (QED) is 0.445. The summed E-state index contributed by atoms with van der Waals surface area (Å²) in [7, 11) is 4.12. The molecule has 1 aromatic heterocycles. The number of nitrogens with zero attached hydrogens (tertiary/aromatic N) is 4. The Balaban J connectivity index is 1.65. The Kier molecular flexibility index (Phi) is 8.88. The highest BCUT2D eigenvalue weighted by molar-refractivity contribution is 7.99. The van der Waals surface area contributed by atoms with E-state index in [4.69, 9.17) is 0 Å². The fourth-order valence-electron chi connectivity index (χ4n) is 3.75. The molecule has 3 rings (SSSR count). The van der Waals surface area contributed by atoms with E-state index >= 15 is 0 Å². The van der Waals surface area contributed by atoms with Crippen LogP contribution >= 0.6 is 11.8 Å². The molecule has 7 heteroatoms. The number of amides is 1. The van der Waals surface area contributed by atoms with Gasteiger partial charge in [0.2, 0.25) is 5.91 Å². The molecule has 0 saturated carbocycles. The van der Waals surface area contributed by atoms with Crippen LogP contribution in [0.15, 0.2) is 59.8 Å². The highest BCUT2D eigenvalue weighted by atomic mass is 32.2. The molecule has 0 fully saturated rings. The second-order valence-electron chi connectivity index (χ2n) is 8.12. The van der Waals surface area contributed by atoms with Gasteiger partial charge in [0.15, 0.2) is 11.0 Å². The summed E-state index contributed by atoms with van der Waals surface area (Å²) >= 11 is 1.44. The molecule has 170 valence electrons. The van der Waals surface area contributed by atoms with Crippen LogP contribution in [0.25, 0.3) is 0 Å². The Morgan fingerprint density at radius 1 is 1.09 bits per heavy atom. The van der Waals surface area contributed by atoms with Crippen LogP contribution in [0.4, 0.5) is 0 Å². The van der Waals surface area contributed by atoms with Gasteiger partial charge < -0.3 is 9.88 Å². The summed E-state index contributed by atoms with van der Waals surface area (Å²) in [4.78, 5) is 14.6. The largest absolute Gasteiger partial charge is 0.355 e. The van der Waals surface area contributed by atoms with Crippen molar-refractivity contribution >= 4 is 17.7 Å². The summed E-state index contributed by atoms with van der Waals surface area (Å²) in [6.45, 7) is 5.57. The Morgan fingerprint density at radius 2 is 1.81 bits per heavy atom. The number of benzene rings is 2. The summed E-state index contributed by atoms with van der Waals surface area (Å²) in [6, 6.07) is 18.8. The first kappa shape index (κ1) is 24.0. The maximum atomic E-state index is 12.5. The van der Waals surface area contributed by atoms with Crippen LogP contribution in [0.1, 0.15) is 41.9 Å². The zero-order valence-corrected chi connectivity index (χ0v) is 20.2. The predicted octanol–water partition coefficient (Wildman–Crippen LogP) is 4.10. The van der Waals surface area contributed by atoms with Gasteiger partial charge in [0, 0.05) is 6.54 Å². The molecule has 1 atom stereocenters. The molecule has 0 radical (unpaired) electrons. The van der Waals surface area contributed by atoms with Crippen LogP contribution in [0.3, 0.4) is 0 Å². The molecule has 0 aliphatic carbocycles. The van der Waals surface area contributed by atoms with Crippen molar-refractivity contribution in [2.75, 3.05) is 26.4 Å². The monoisotopic (exact) mass is 451 g/mol. The van der Waals surface area contributed by atoms with E-state index in [2.05, 4.69) is 77.2 Å². The van der Waals surface area contributed by atoms with Gasteiger partial charge in [-0.3, -0.25) is 9.69 Å². The first-order chi connectivity index (χ1) is 15.5. The fourth-order valence-corrected chi connectivity index (χ4v) is 4.53. The SMILES string of the molecule is CCC(c1nnc(SCC(=O)NCCc2ccccc2C)n1Cc1ccccc1)N(C)C. The predicted molar refractivity (Wildman–Crippen MR) is 131 cm³/mol. The summed E-state index contributed by atoms with van der Waals surface area (Å²) < 4.78 is 2.15. The molecule has 1 N–H and O–H groups in total. The molecule has 0 bridgehead atoms. The molecule has 0 aliphatic rings. The number of thioether (sulfide) groups is 1. The molecular formula is C25H33N5OS. The van der Waals surface area contributed by atoms with E-state index in [0.717, 1.165) is 23.8 Å². The van der Waals surface area contributed by atoms with Gasteiger partial charge in [-0.05, 0) is 50.6 Å². The van der Waals surface area contributed by atoms with Crippen molar-refractivity contribution in [1.82, 2.24) is 25.0 Å². The third-order valence-electron chi connectivity index (χ3n) is 5.55. The molecular weight excluding hydrogens is 418 g/mol. The van der Waals surface area contributed by atoms with Gasteiger partial charge >= 0.3 is 0 Å². The molecule has 0 saturated heterocycles. The van der Waals surface area contributed by atoms with Crippen LogP contribution in [0.5, 0.6) is 0 Å². The van der Waals surface area contributed by atoms with Gasteiger partial charge in [-0.25, -0.2) is 0 Å². The topological polar surface area (TPSA) is 63.1 Å². The van der Waals surface area contributed by atoms with Gasteiger partial charge in [0.25, 0.3) is 0 Å². The summed E-state index contributed by atoms with van der Waals surface area (Å²) in [5.74, 6) is 1.27. The zero-order valence-electron chi connectivity index (χ0n) is 19.4. The third-order valence-corrected chi connectivity index (χ3v) is 6.51. The van der Waals surface area contributed by atoms with E-state index in [0.29, 0.717) is 18.8 Å². The second kappa shape index (κ2) is 11.8. The first-order valence-corrected chi connectivity index (χ1v) is 12.1. The molecule has 1 heterocycles. The number of carbonyl (C=O) groups is 1. The van der Waals surface area contributed by atoms with Crippen LogP contribution in [0.2, 0.25) is 0 Å². The number of nitrogens with one attached hydrogen (secondary N) is 1. The summed E-state index contributed by atoms with van der Waals surface area (Å²) in [5.41, 5.74) is 3.71. The van der Waals surface area contributed by atoms with Crippen molar-refractivity contribution < 1.29 is 4.79 Å². The van der Waals surface area contributed by atoms with Crippen LogP contribution in [-0.4, -0.2) is 52.0 Å². The number of hydrogen-bond donors (Lipinski definition) is 1. The molecule has 1 unspecified atom stereocenters. The standard InChI is InChI=1S/C25H33N5OS/c1-5-22(29(3)4)24-27-28-25(30(24)17-20-12-7-6-8-13-20)32-18-23(31)26-16-15-21-14-10-9-11-19(21)2/h6-14,22H,5,15-18H2,1-4H3,(H,26,31). The summed E-state index contributed by atoms with van der Waals surface area (Å²) in [6.07, 6.45) is 1.77. The molecule has 32 heavy (non-hydrogen) atoms. The number of carbonyl (C=O) groups excluding carboxylic acids is 1. The molecule has 3 aromatic rings. The third kappa shape index (κ3) is 6.43. The number of aryl methyl sites for hydroxylation is 1. The van der Waals surface area contributed by atoms with Crippen LogP contribution in [-0.2, 0) is 17.8 Å². The number of hydrogen-bond acceptors (Lipinski definition) is 5. The molecule has 6 nitrogen and oxygen atoms in total. The second-order valence-corrected chi connectivity index (χ2v) is 9.06. The van der Waals surface area contributed by atoms with Crippen molar-refractivity contribution in [1.29, 1.82) is 0 Å².